The van der Waals surface area contributed by atoms with Crippen molar-refractivity contribution in [3.8, 4) is 0 Å². The predicted molar refractivity (Wildman–Crippen MR) is 116 cm³/mol. The summed E-state index contributed by atoms with van der Waals surface area (Å²) in [5.41, 5.74) is 1.19. The molecular weight excluding hydrogens is 386 g/mol. The van der Waals surface area contributed by atoms with Crippen LogP contribution in [0.25, 0.3) is 0 Å². The topological polar surface area (TPSA) is 63.2 Å². The molecule has 5 nitrogen and oxygen atoms in total. The van der Waals surface area contributed by atoms with Crippen molar-refractivity contribution in [1.82, 2.24) is 14.9 Å². The Balaban J connectivity index is 1.38. The molecule has 2 aromatic heterocycles. The number of hydrogen-bond donors (Lipinski definition) is 0. The third kappa shape index (κ3) is 3.12. The summed E-state index contributed by atoms with van der Waals surface area (Å²) in [6, 6.07) is 7.89. The normalized spacial score (nSPS) is 33.3. The summed E-state index contributed by atoms with van der Waals surface area (Å²) >= 11 is 0. The van der Waals surface area contributed by atoms with E-state index in [1.807, 2.05) is 24.3 Å². The van der Waals surface area contributed by atoms with Crippen LogP contribution in [0.3, 0.4) is 0 Å². The van der Waals surface area contributed by atoms with Crippen molar-refractivity contribution in [1.29, 1.82) is 0 Å². The van der Waals surface area contributed by atoms with Gasteiger partial charge in [0.2, 0.25) is 11.8 Å². The second-order valence-corrected chi connectivity index (χ2v) is 10.7. The van der Waals surface area contributed by atoms with Crippen LogP contribution in [0.1, 0.15) is 56.1 Å². The number of nitrogens with zero attached hydrogens (tertiary/aromatic N) is 3. The average molecular weight is 416 g/mol. The fourth-order valence-electron chi connectivity index (χ4n) is 7.73. The van der Waals surface area contributed by atoms with E-state index in [1.165, 1.54) is 19.3 Å². The van der Waals surface area contributed by atoms with E-state index in [2.05, 4.69) is 9.97 Å². The third-order valence-electron chi connectivity index (χ3n) is 8.46. The quantitative estimate of drug-likeness (QED) is 0.693. The van der Waals surface area contributed by atoms with Crippen molar-refractivity contribution >= 4 is 11.8 Å². The van der Waals surface area contributed by atoms with Crippen molar-refractivity contribution in [2.24, 2.45) is 23.2 Å². The summed E-state index contributed by atoms with van der Waals surface area (Å²) in [4.78, 5) is 37.9. The van der Waals surface area contributed by atoms with Gasteiger partial charge in [-0.2, -0.15) is 0 Å². The summed E-state index contributed by atoms with van der Waals surface area (Å²) in [5, 5.41) is 0. The summed E-state index contributed by atoms with van der Waals surface area (Å²) in [5.74, 6) is 2.20. The van der Waals surface area contributed by atoms with Crippen LogP contribution in [0, 0.1) is 23.2 Å². The fourth-order valence-corrected chi connectivity index (χ4v) is 7.73. The van der Waals surface area contributed by atoms with Crippen LogP contribution in [0.4, 0.5) is 0 Å². The van der Waals surface area contributed by atoms with Crippen LogP contribution >= 0.6 is 0 Å². The zero-order chi connectivity index (χ0) is 21.1. The molecule has 3 heterocycles. The van der Waals surface area contributed by atoms with E-state index in [4.69, 9.17) is 0 Å². The van der Waals surface area contributed by atoms with Crippen molar-refractivity contribution in [2.75, 3.05) is 0 Å². The Kier molecular flexibility index (Phi) is 4.31. The van der Waals surface area contributed by atoms with Crippen molar-refractivity contribution < 1.29 is 9.59 Å². The van der Waals surface area contributed by atoms with Gasteiger partial charge in [0.25, 0.3) is 0 Å². The first-order valence-corrected chi connectivity index (χ1v) is 11.7. The van der Waals surface area contributed by atoms with E-state index in [0.717, 1.165) is 30.4 Å². The molecule has 4 bridgehead atoms. The van der Waals surface area contributed by atoms with Gasteiger partial charge in [0.15, 0.2) is 0 Å². The minimum Gasteiger partial charge on any atom is -0.276 e. The maximum Gasteiger partial charge on any atom is 0.237 e. The molecule has 1 saturated heterocycles. The Morgan fingerprint density at radius 3 is 1.68 bits per heavy atom. The van der Waals surface area contributed by atoms with Gasteiger partial charge in [0.05, 0.1) is 11.0 Å². The Morgan fingerprint density at radius 2 is 1.23 bits per heavy atom. The first kappa shape index (κ1) is 19.1. The molecule has 7 rings (SSSR count). The molecule has 5 heteroatoms. The molecule has 4 saturated carbocycles. The molecule has 0 radical (unpaired) electrons. The highest BCUT2D eigenvalue weighted by Crippen LogP contribution is 2.59. The van der Waals surface area contributed by atoms with Crippen molar-refractivity contribution in [3.63, 3.8) is 0 Å². The maximum absolute atomic E-state index is 14.2. The highest BCUT2D eigenvalue weighted by molar-refractivity contribution is 6.07. The van der Waals surface area contributed by atoms with Crippen LogP contribution in [0.2, 0.25) is 0 Å². The van der Waals surface area contributed by atoms with Gasteiger partial charge in [-0.25, -0.2) is 0 Å². The number of amides is 2. The van der Waals surface area contributed by atoms with Gasteiger partial charge < -0.3 is 0 Å². The lowest BCUT2D eigenvalue weighted by molar-refractivity contribution is -0.160. The first-order chi connectivity index (χ1) is 15.1. The molecule has 5 fully saturated rings. The number of aromatic nitrogens is 2. The second kappa shape index (κ2) is 6.98. The number of likely N-dealkylation sites (tertiary alicyclic amines) is 1. The van der Waals surface area contributed by atoms with E-state index >= 15 is 0 Å². The van der Waals surface area contributed by atoms with Crippen LogP contribution in [0.5, 0.6) is 0 Å². The number of hydrogen-bond acceptors (Lipinski definition) is 4. The molecule has 2 amide bonds. The lowest BCUT2D eigenvalue weighted by Gasteiger charge is -2.59. The van der Waals surface area contributed by atoms with Crippen LogP contribution in [0.15, 0.2) is 49.1 Å². The first-order valence-electron chi connectivity index (χ1n) is 11.7. The van der Waals surface area contributed by atoms with Gasteiger partial charge in [0.1, 0.15) is 0 Å². The molecule has 2 aromatic rings. The highest BCUT2D eigenvalue weighted by atomic mass is 16.2. The van der Waals surface area contributed by atoms with E-state index in [1.54, 1.807) is 29.7 Å². The molecule has 0 N–H and O–H groups in total. The summed E-state index contributed by atoms with van der Waals surface area (Å²) < 4.78 is 0. The molecule has 0 spiro atoms. The van der Waals surface area contributed by atoms with Crippen LogP contribution < -0.4 is 0 Å². The summed E-state index contributed by atoms with van der Waals surface area (Å²) in [7, 11) is 0. The molecule has 1 aliphatic heterocycles. The molecule has 5 aliphatic rings. The standard InChI is InChI=1S/C26H29N3O2/c30-23-17-25(12-18-1-5-27-6-2-18,13-19-3-7-28-8-4-19)24(31)29(23)26-14-20-9-21(15-26)11-22(10-20)16-26/h1-8,20-22H,9-17H2. The van der Waals surface area contributed by atoms with Crippen LogP contribution in [-0.4, -0.2) is 32.2 Å². The molecule has 160 valence electrons. The van der Waals surface area contributed by atoms with E-state index < -0.39 is 5.41 Å². The molecule has 4 aliphatic carbocycles. The lowest BCUT2D eigenvalue weighted by Crippen LogP contribution is -2.62. The van der Waals surface area contributed by atoms with E-state index in [-0.39, 0.29) is 17.4 Å². The minimum atomic E-state index is -0.719. The zero-order valence-electron chi connectivity index (χ0n) is 17.9. The maximum atomic E-state index is 14.2. The predicted octanol–water partition coefficient (Wildman–Crippen LogP) is 3.98. The lowest BCUT2D eigenvalue weighted by atomic mass is 9.52. The zero-order valence-corrected chi connectivity index (χ0v) is 17.9. The molecule has 0 unspecified atom stereocenters. The van der Waals surface area contributed by atoms with Gasteiger partial charge in [-0.05, 0) is 105 Å². The Hall–Kier alpha value is -2.56. The smallest absolute Gasteiger partial charge is 0.237 e. The Labute approximate surface area is 183 Å². The molecule has 31 heavy (non-hydrogen) atoms. The Bertz CT molecular complexity index is 927. The SMILES string of the molecule is O=C1CC(Cc2ccncc2)(Cc2ccncc2)C(=O)N1C12CC3CC(CC(C3)C1)C2. The number of carbonyl (C=O) groups is 2. The van der Waals surface area contributed by atoms with Gasteiger partial charge in [-0.1, -0.05) is 0 Å². The minimum absolute atomic E-state index is 0.0510. The van der Waals surface area contributed by atoms with E-state index in [9.17, 15) is 9.59 Å². The number of imide groups is 1. The van der Waals surface area contributed by atoms with Gasteiger partial charge >= 0.3 is 0 Å². The fraction of sp³-hybridized carbons (Fsp3) is 0.538. The molecule has 0 aromatic carbocycles. The van der Waals surface area contributed by atoms with Crippen LogP contribution in [-0.2, 0) is 22.4 Å². The Morgan fingerprint density at radius 1 is 0.774 bits per heavy atom. The largest absolute Gasteiger partial charge is 0.276 e. The average Bonchev–Trinajstić information content (AvgIpc) is 2.98. The number of rotatable bonds is 5. The van der Waals surface area contributed by atoms with Gasteiger partial charge in [0, 0.05) is 31.2 Å². The van der Waals surface area contributed by atoms with Gasteiger partial charge in [-0.3, -0.25) is 24.5 Å². The van der Waals surface area contributed by atoms with Gasteiger partial charge in [-0.15, -0.1) is 0 Å². The second-order valence-electron chi connectivity index (χ2n) is 10.7. The summed E-state index contributed by atoms with van der Waals surface area (Å²) in [6.07, 6.45) is 15.5. The van der Waals surface area contributed by atoms with Crippen molar-refractivity contribution in [2.45, 2.75) is 63.3 Å². The highest BCUT2D eigenvalue weighted by Gasteiger charge is 2.62. The third-order valence-corrected chi connectivity index (χ3v) is 8.46. The molecule has 0 atom stereocenters. The molecular formula is C26H29N3O2. The summed E-state index contributed by atoms with van der Waals surface area (Å²) in [6.45, 7) is 0. The number of pyridine rings is 2. The van der Waals surface area contributed by atoms with E-state index in [0.29, 0.717) is 37.0 Å². The number of carbonyl (C=O) groups excluding carboxylic acids is 2. The van der Waals surface area contributed by atoms with Crippen molar-refractivity contribution in [3.05, 3.63) is 60.2 Å². The monoisotopic (exact) mass is 415 g/mol.